The molecule has 2 heterocycles. The quantitative estimate of drug-likeness (QED) is 0.274. The van der Waals surface area contributed by atoms with Crippen molar-refractivity contribution in [2.75, 3.05) is 23.7 Å². The summed E-state index contributed by atoms with van der Waals surface area (Å²) in [5.41, 5.74) is 5.15. The molecule has 2 amide bonds. The summed E-state index contributed by atoms with van der Waals surface area (Å²) in [4.78, 5) is 32.6. The number of hydrogen-bond acceptors (Lipinski definition) is 6. The van der Waals surface area contributed by atoms with Crippen molar-refractivity contribution in [3.05, 3.63) is 95.4 Å². The fourth-order valence-electron chi connectivity index (χ4n) is 5.04. The van der Waals surface area contributed by atoms with Gasteiger partial charge in [0, 0.05) is 28.4 Å². The zero-order valence-corrected chi connectivity index (χ0v) is 24.1. The van der Waals surface area contributed by atoms with E-state index in [9.17, 15) is 9.59 Å². The van der Waals surface area contributed by atoms with Crippen LogP contribution in [0.5, 0.6) is 0 Å². The van der Waals surface area contributed by atoms with Crippen molar-refractivity contribution >= 4 is 23.2 Å². The smallest absolute Gasteiger partial charge is 0.255 e. The van der Waals surface area contributed by atoms with Crippen LogP contribution in [0, 0.1) is 12.8 Å². The fraction of sp³-hybridized carbons (Fsp3) is 0.333. The van der Waals surface area contributed by atoms with Crippen molar-refractivity contribution < 1.29 is 14.1 Å². The molecule has 41 heavy (non-hydrogen) atoms. The van der Waals surface area contributed by atoms with Crippen molar-refractivity contribution in [2.24, 2.45) is 5.92 Å². The summed E-state index contributed by atoms with van der Waals surface area (Å²) in [5, 5.41) is 10.1. The predicted octanol–water partition coefficient (Wildman–Crippen LogP) is 6.45. The number of nitrogens with zero attached hydrogens (tertiary/aromatic N) is 3. The zero-order valence-electron chi connectivity index (χ0n) is 24.1. The Balaban J connectivity index is 1.11. The maximum absolute atomic E-state index is 13.0. The molecule has 0 radical (unpaired) electrons. The molecule has 4 aromatic rings. The molecular formula is C33H37N5O3. The summed E-state index contributed by atoms with van der Waals surface area (Å²) < 4.78 is 5.50. The molecule has 2 N–H and O–H groups in total. The number of nitrogens with one attached hydrogen (secondary N) is 2. The van der Waals surface area contributed by atoms with Crippen LogP contribution in [0.25, 0.3) is 11.4 Å². The summed E-state index contributed by atoms with van der Waals surface area (Å²) >= 11 is 0. The van der Waals surface area contributed by atoms with Gasteiger partial charge in [-0.15, -0.1) is 0 Å². The summed E-state index contributed by atoms with van der Waals surface area (Å²) in [6.07, 6.45) is 1.48. The van der Waals surface area contributed by atoms with Crippen LogP contribution in [0.2, 0.25) is 0 Å². The summed E-state index contributed by atoms with van der Waals surface area (Å²) in [7, 11) is 0. The van der Waals surface area contributed by atoms with Crippen molar-refractivity contribution in [1.29, 1.82) is 0 Å². The van der Waals surface area contributed by atoms with E-state index in [4.69, 9.17) is 4.52 Å². The molecule has 8 heteroatoms. The predicted molar refractivity (Wildman–Crippen MR) is 161 cm³/mol. The number of rotatable bonds is 7. The maximum atomic E-state index is 13.0. The Kier molecular flexibility index (Phi) is 8.31. The van der Waals surface area contributed by atoms with Gasteiger partial charge in [0.2, 0.25) is 17.6 Å². The first-order valence-electron chi connectivity index (χ1n) is 14.1. The van der Waals surface area contributed by atoms with Crippen LogP contribution in [0.3, 0.4) is 0 Å². The molecule has 1 aliphatic heterocycles. The third kappa shape index (κ3) is 7.08. The van der Waals surface area contributed by atoms with Gasteiger partial charge in [-0.1, -0.05) is 68.4 Å². The second kappa shape index (κ2) is 12.1. The van der Waals surface area contributed by atoms with Crippen molar-refractivity contribution in [2.45, 2.75) is 52.5 Å². The van der Waals surface area contributed by atoms with Gasteiger partial charge in [-0.2, -0.15) is 4.98 Å². The molecule has 212 valence electrons. The number of likely N-dealkylation sites (tertiary alicyclic amines) is 1. The topological polar surface area (TPSA) is 100 Å². The van der Waals surface area contributed by atoms with Gasteiger partial charge in [-0.3, -0.25) is 14.5 Å². The van der Waals surface area contributed by atoms with Crippen LogP contribution < -0.4 is 10.6 Å². The summed E-state index contributed by atoms with van der Waals surface area (Å²) in [6.45, 7) is 10.6. The lowest BCUT2D eigenvalue weighted by Crippen LogP contribution is -2.37. The van der Waals surface area contributed by atoms with Crippen LogP contribution in [0.1, 0.15) is 61.0 Å². The van der Waals surface area contributed by atoms with Gasteiger partial charge in [-0.25, -0.2) is 0 Å². The Bertz CT molecular complexity index is 1510. The minimum atomic E-state index is -0.187. The lowest BCUT2D eigenvalue weighted by molar-refractivity contribution is -0.121. The van der Waals surface area contributed by atoms with E-state index in [1.165, 1.54) is 5.56 Å². The molecule has 1 aliphatic rings. The Morgan fingerprint density at radius 2 is 1.61 bits per heavy atom. The third-order valence-electron chi connectivity index (χ3n) is 7.57. The Hall–Kier alpha value is -4.30. The number of piperidine rings is 1. The monoisotopic (exact) mass is 551 g/mol. The van der Waals surface area contributed by atoms with Gasteiger partial charge in [0.05, 0.1) is 6.54 Å². The molecule has 3 aromatic carbocycles. The second-order valence-electron chi connectivity index (χ2n) is 11.7. The minimum Gasteiger partial charge on any atom is -0.338 e. The van der Waals surface area contributed by atoms with Crippen LogP contribution in [0.4, 0.5) is 11.4 Å². The number of anilines is 2. The normalized spacial score (nSPS) is 14.5. The second-order valence-corrected chi connectivity index (χ2v) is 11.7. The molecule has 1 aromatic heterocycles. The molecular weight excluding hydrogens is 514 g/mol. The minimum absolute atomic E-state index is 0.00877. The number of carbonyl (C=O) groups excluding carboxylic acids is 2. The molecule has 0 saturated carbocycles. The standard InChI is InChI=1S/C33H37N5O3/c1-22-8-5-6-11-28(22)30-36-29(41-37-30)21-38-18-16-24(17-19-38)32(40)35-27-10-7-9-26(20-27)34-31(39)23-12-14-25(15-13-23)33(2,3)4/h5-15,20,24H,16-19,21H2,1-4H3,(H,34,39)(H,35,40). The lowest BCUT2D eigenvalue weighted by Gasteiger charge is -2.30. The van der Waals surface area contributed by atoms with E-state index >= 15 is 0 Å². The highest BCUT2D eigenvalue weighted by Gasteiger charge is 2.26. The number of amides is 2. The molecule has 0 aliphatic carbocycles. The fourth-order valence-corrected chi connectivity index (χ4v) is 5.04. The Morgan fingerprint density at radius 3 is 2.29 bits per heavy atom. The number of benzene rings is 3. The SMILES string of the molecule is Cc1ccccc1-c1noc(CN2CCC(C(=O)Nc3cccc(NC(=O)c4ccc(C(C)(C)C)cc4)c3)CC2)n1. The number of aromatic nitrogens is 2. The van der Waals surface area contributed by atoms with Crippen molar-refractivity contribution in [3.8, 4) is 11.4 Å². The van der Waals surface area contributed by atoms with Gasteiger partial charge in [0.1, 0.15) is 0 Å². The third-order valence-corrected chi connectivity index (χ3v) is 7.57. The Labute approximate surface area is 241 Å². The molecule has 0 unspecified atom stereocenters. The number of hydrogen-bond donors (Lipinski definition) is 2. The molecule has 1 fully saturated rings. The average Bonchev–Trinajstić information content (AvgIpc) is 3.41. The van der Waals surface area contributed by atoms with Gasteiger partial charge in [-0.05, 0) is 79.7 Å². The zero-order chi connectivity index (χ0) is 29.0. The van der Waals surface area contributed by atoms with Gasteiger partial charge < -0.3 is 15.2 Å². The highest BCUT2D eigenvalue weighted by atomic mass is 16.5. The maximum Gasteiger partial charge on any atom is 0.255 e. The van der Waals surface area contributed by atoms with Gasteiger partial charge >= 0.3 is 0 Å². The largest absolute Gasteiger partial charge is 0.338 e. The number of aryl methyl sites for hydroxylation is 1. The first-order chi connectivity index (χ1) is 19.7. The van der Waals surface area contributed by atoms with E-state index in [-0.39, 0.29) is 23.1 Å². The summed E-state index contributed by atoms with van der Waals surface area (Å²) in [5.74, 6) is 0.898. The van der Waals surface area contributed by atoms with Gasteiger partial charge in [0.15, 0.2) is 0 Å². The molecule has 5 rings (SSSR count). The Morgan fingerprint density at radius 1 is 0.927 bits per heavy atom. The molecule has 0 spiro atoms. The van der Waals surface area contributed by atoms with E-state index < -0.39 is 0 Å². The van der Waals surface area contributed by atoms with E-state index in [0.717, 1.165) is 37.1 Å². The first-order valence-corrected chi connectivity index (χ1v) is 14.1. The van der Waals surface area contributed by atoms with E-state index in [2.05, 4.69) is 46.4 Å². The molecule has 0 bridgehead atoms. The van der Waals surface area contributed by atoms with Crippen LogP contribution in [-0.4, -0.2) is 39.9 Å². The highest BCUT2D eigenvalue weighted by Crippen LogP contribution is 2.25. The van der Waals surface area contributed by atoms with Crippen LogP contribution >= 0.6 is 0 Å². The van der Waals surface area contributed by atoms with E-state index in [0.29, 0.717) is 35.2 Å². The van der Waals surface area contributed by atoms with E-state index in [1.54, 1.807) is 6.07 Å². The first kappa shape index (κ1) is 28.2. The highest BCUT2D eigenvalue weighted by molar-refractivity contribution is 6.04. The van der Waals surface area contributed by atoms with E-state index in [1.807, 2.05) is 73.7 Å². The van der Waals surface area contributed by atoms with Crippen molar-refractivity contribution in [3.63, 3.8) is 0 Å². The van der Waals surface area contributed by atoms with Crippen LogP contribution in [0.15, 0.2) is 77.3 Å². The number of carbonyl (C=O) groups is 2. The van der Waals surface area contributed by atoms with Crippen LogP contribution in [-0.2, 0) is 16.8 Å². The van der Waals surface area contributed by atoms with Gasteiger partial charge in [0.25, 0.3) is 5.91 Å². The molecule has 1 saturated heterocycles. The summed E-state index contributed by atoms with van der Waals surface area (Å²) in [6, 6.07) is 22.9. The van der Waals surface area contributed by atoms with Crippen molar-refractivity contribution in [1.82, 2.24) is 15.0 Å². The molecule has 0 atom stereocenters. The lowest BCUT2D eigenvalue weighted by atomic mass is 9.87. The average molecular weight is 552 g/mol. The molecule has 8 nitrogen and oxygen atoms in total.